The average molecular weight is 341 g/mol. The summed E-state index contributed by atoms with van der Waals surface area (Å²) < 4.78 is 7.88. The number of nitrogens with zero attached hydrogens (tertiary/aromatic N) is 3. The van der Waals surface area contributed by atoms with E-state index in [1.807, 2.05) is 12.5 Å². The Labute approximate surface area is 149 Å². The Morgan fingerprint density at radius 1 is 1.36 bits per heavy atom. The summed E-state index contributed by atoms with van der Waals surface area (Å²) in [6, 6.07) is 8.56. The molecule has 0 spiro atoms. The molecule has 0 radical (unpaired) electrons. The van der Waals surface area contributed by atoms with Gasteiger partial charge in [-0.2, -0.15) is 0 Å². The number of aliphatic imine (C=N–C) groups is 1. The number of guanidine groups is 1. The molecule has 2 aromatic rings. The van der Waals surface area contributed by atoms with Gasteiger partial charge in [-0.05, 0) is 30.9 Å². The summed E-state index contributed by atoms with van der Waals surface area (Å²) in [6.45, 7) is 5.34. The first-order chi connectivity index (χ1) is 12.2. The van der Waals surface area contributed by atoms with Crippen LogP contribution >= 0.6 is 0 Å². The van der Waals surface area contributed by atoms with Crippen LogP contribution in [0.25, 0.3) is 0 Å². The fourth-order valence-electron chi connectivity index (χ4n) is 3.08. The summed E-state index contributed by atoms with van der Waals surface area (Å²) in [7, 11) is 1.79. The highest BCUT2D eigenvalue weighted by molar-refractivity contribution is 5.79. The van der Waals surface area contributed by atoms with E-state index in [9.17, 15) is 0 Å². The number of ether oxygens (including phenoxy) is 1. The van der Waals surface area contributed by atoms with E-state index in [4.69, 9.17) is 4.74 Å². The molecule has 1 aliphatic heterocycles. The number of aromatic nitrogens is 2. The third-order valence-corrected chi connectivity index (χ3v) is 4.53. The van der Waals surface area contributed by atoms with Crippen LogP contribution in [-0.2, 0) is 17.8 Å². The lowest BCUT2D eigenvalue weighted by atomic mass is 10.0. The maximum atomic E-state index is 5.81. The molecule has 1 aliphatic rings. The van der Waals surface area contributed by atoms with Crippen LogP contribution in [-0.4, -0.2) is 41.3 Å². The van der Waals surface area contributed by atoms with Crippen LogP contribution in [0.5, 0.6) is 0 Å². The molecular formula is C19H27N5O. The van der Waals surface area contributed by atoms with Crippen LogP contribution < -0.4 is 10.6 Å². The summed E-state index contributed by atoms with van der Waals surface area (Å²) in [4.78, 5) is 8.39. The van der Waals surface area contributed by atoms with Crippen molar-refractivity contribution < 1.29 is 4.74 Å². The van der Waals surface area contributed by atoms with Gasteiger partial charge in [0.2, 0.25) is 0 Å². The highest BCUT2D eigenvalue weighted by atomic mass is 16.5. The van der Waals surface area contributed by atoms with E-state index in [1.165, 1.54) is 11.1 Å². The summed E-state index contributed by atoms with van der Waals surface area (Å²) in [6.07, 6.45) is 7.83. The molecule has 3 rings (SSSR count). The van der Waals surface area contributed by atoms with Crippen molar-refractivity contribution >= 4 is 5.96 Å². The summed E-state index contributed by atoms with van der Waals surface area (Å²) in [5, 5.41) is 6.75. The van der Waals surface area contributed by atoms with Crippen molar-refractivity contribution in [2.45, 2.75) is 38.5 Å². The topological polar surface area (TPSA) is 63.5 Å². The van der Waals surface area contributed by atoms with Crippen molar-refractivity contribution in [3.05, 3.63) is 54.1 Å². The highest BCUT2D eigenvalue weighted by Gasteiger charge is 2.29. The van der Waals surface area contributed by atoms with E-state index in [0.29, 0.717) is 0 Å². The second-order valence-corrected chi connectivity index (χ2v) is 6.74. The molecule has 1 unspecified atom stereocenters. The molecule has 134 valence electrons. The molecule has 25 heavy (non-hydrogen) atoms. The second kappa shape index (κ2) is 8.16. The molecule has 6 heteroatoms. The van der Waals surface area contributed by atoms with Gasteiger partial charge in [0, 0.05) is 45.7 Å². The molecule has 1 aromatic heterocycles. The maximum Gasteiger partial charge on any atom is 0.191 e. The first kappa shape index (κ1) is 17.5. The lowest BCUT2D eigenvalue weighted by molar-refractivity contribution is 0.0243. The predicted octanol–water partition coefficient (Wildman–Crippen LogP) is 2.17. The Hall–Kier alpha value is -2.34. The summed E-state index contributed by atoms with van der Waals surface area (Å²) >= 11 is 0. The number of hydrogen-bond donors (Lipinski definition) is 2. The molecule has 2 heterocycles. The fraction of sp³-hybridized carbons (Fsp3) is 0.474. The van der Waals surface area contributed by atoms with Gasteiger partial charge in [0.15, 0.2) is 5.96 Å². The van der Waals surface area contributed by atoms with Crippen LogP contribution in [0.4, 0.5) is 0 Å². The van der Waals surface area contributed by atoms with E-state index < -0.39 is 0 Å². The second-order valence-electron chi connectivity index (χ2n) is 6.74. The van der Waals surface area contributed by atoms with Gasteiger partial charge < -0.3 is 19.9 Å². The maximum absolute atomic E-state index is 5.81. The number of imidazole rings is 1. The van der Waals surface area contributed by atoms with Gasteiger partial charge in [-0.1, -0.05) is 24.3 Å². The number of benzene rings is 1. The number of nitrogens with one attached hydrogen (secondary N) is 2. The van der Waals surface area contributed by atoms with E-state index in [1.54, 1.807) is 13.2 Å². The smallest absolute Gasteiger partial charge is 0.191 e. The minimum atomic E-state index is -0.0810. The first-order valence-corrected chi connectivity index (χ1v) is 8.79. The zero-order valence-electron chi connectivity index (χ0n) is 15.0. The molecule has 0 saturated carbocycles. The molecule has 0 aliphatic carbocycles. The van der Waals surface area contributed by atoms with Gasteiger partial charge in [-0.15, -0.1) is 0 Å². The van der Waals surface area contributed by atoms with E-state index in [-0.39, 0.29) is 5.60 Å². The van der Waals surface area contributed by atoms with Gasteiger partial charge in [0.1, 0.15) is 0 Å². The van der Waals surface area contributed by atoms with Gasteiger partial charge in [0.05, 0.1) is 11.9 Å². The monoisotopic (exact) mass is 341 g/mol. The summed E-state index contributed by atoms with van der Waals surface area (Å²) in [5.41, 5.74) is 2.40. The SMILES string of the molecule is CN=C(NCc1cccc(Cn2ccnc2)c1)NCC1(C)CCCO1. The third-order valence-electron chi connectivity index (χ3n) is 4.53. The largest absolute Gasteiger partial charge is 0.373 e. The van der Waals surface area contributed by atoms with E-state index in [0.717, 1.165) is 45.0 Å². The van der Waals surface area contributed by atoms with Crippen LogP contribution in [0.15, 0.2) is 48.0 Å². The van der Waals surface area contributed by atoms with Crippen LogP contribution in [0.2, 0.25) is 0 Å². The van der Waals surface area contributed by atoms with Crippen molar-refractivity contribution in [3.63, 3.8) is 0 Å². The first-order valence-electron chi connectivity index (χ1n) is 8.79. The van der Waals surface area contributed by atoms with E-state index in [2.05, 4.69) is 56.4 Å². The Balaban J connectivity index is 1.51. The molecule has 1 aromatic carbocycles. The fourth-order valence-corrected chi connectivity index (χ4v) is 3.08. The standard InChI is InChI=1S/C19H27N5O/c1-19(7-4-10-25-19)14-23-18(20-2)22-12-16-5-3-6-17(11-16)13-24-9-8-21-15-24/h3,5-6,8-9,11,15H,4,7,10,12-14H2,1-2H3,(H2,20,22,23). The van der Waals surface area contributed by atoms with Gasteiger partial charge in [-0.3, -0.25) is 4.99 Å². The van der Waals surface area contributed by atoms with Crippen molar-refractivity contribution in [2.75, 3.05) is 20.2 Å². The zero-order valence-corrected chi connectivity index (χ0v) is 15.0. The lowest BCUT2D eigenvalue weighted by Crippen LogP contribution is -2.45. The summed E-state index contributed by atoms with van der Waals surface area (Å²) in [5.74, 6) is 0.803. The molecule has 6 nitrogen and oxygen atoms in total. The molecule has 0 amide bonds. The van der Waals surface area contributed by atoms with Crippen molar-refractivity contribution in [1.29, 1.82) is 0 Å². The zero-order chi connectivity index (χ0) is 17.5. The minimum absolute atomic E-state index is 0.0810. The van der Waals surface area contributed by atoms with Gasteiger partial charge in [0.25, 0.3) is 0 Å². The molecule has 1 fully saturated rings. The number of hydrogen-bond acceptors (Lipinski definition) is 3. The Morgan fingerprint density at radius 2 is 2.24 bits per heavy atom. The van der Waals surface area contributed by atoms with Crippen molar-refractivity contribution in [3.8, 4) is 0 Å². The Kier molecular flexibility index (Phi) is 5.71. The van der Waals surface area contributed by atoms with Crippen LogP contribution in [0.1, 0.15) is 30.9 Å². The Morgan fingerprint density at radius 3 is 2.96 bits per heavy atom. The normalized spacial score (nSPS) is 20.6. The average Bonchev–Trinajstić information content (AvgIpc) is 3.28. The quantitative estimate of drug-likeness (QED) is 0.624. The molecule has 1 atom stereocenters. The third kappa shape index (κ3) is 5.06. The Bertz CT molecular complexity index is 690. The van der Waals surface area contributed by atoms with Gasteiger partial charge >= 0.3 is 0 Å². The van der Waals surface area contributed by atoms with E-state index >= 15 is 0 Å². The molecule has 2 N–H and O–H groups in total. The van der Waals surface area contributed by atoms with Crippen LogP contribution in [0, 0.1) is 0 Å². The van der Waals surface area contributed by atoms with Gasteiger partial charge in [-0.25, -0.2) is 4.98 Å². The molecule has 0 bridgehead atoms. The van der Waals surface area contributed by atoms with Crippen molar-refractivity contribution in [2.24, 2.45) is 4.99 Å². The number of rotatable bonds is 6. The molecule has 1 saturated heterocycles. The minimum Gasteiger partial charge on any atom is -0.373 e. The van der Waals surface area contributed by atoms with Crippen molar-refractivity contribution in [1.82, 2.24) is 20.2 Å². The van der Waals surface area contributed by atoms with Crippen LogP contribution in [0.3, 0.4) is 0 Å². The predicted molar refractivity (Wildman–Crippen MR) is 99.6 cm³/mol. The highest BCUT2D eigenvalue weighted by Crippen LogP contribution is 2.23. The molecular weight excluding hydrogens is 314 g/mol. The lowest BCUT2D eigenvalue weighted by Gasteiger charge is -2.24.